The number of carbonyl (C=O) groups excluding carboxylic acids is 1. The van der Waals surface area contributed by atoms with Crippen LogP contribution in [0.4, 0.5) is 0 Å². The predicted octanol–water partition coefficient (Wildman–Crippen LogP) is 5.23. The van der Waals surface area contributed by atoms with E-state index in [1.807, 2.05) is 42.5 Å². The highest BCUT2D eigenvalue weighted by molar-refractivity contribution is 6.35. The van der Waals surface area contributed by atoms with Crippen LogP contribution in [0.25, 0.3) is 11.0 Å². The van der Waals surface area contributed by atoms with Crippen molar-refractivity contribution >= 4 is 40.1 Å². The molecule has 0 spiro atoms. The van der Waals surface area contributed by atoms with Crippen LogP contribution in [0, 0.1) is 0 Å². The van der Waals surface area contributed by atoms with Gasteiger partial charge in [0.1, 0.15) is 11.6 Å². The van der Waals surface area contributed by atoms with Crippen molar-refractivity contribution in [3.63, 3.8) is 0 Å². The zero-order valence-corrected chi connectivity index (χ0v) is 17.1. The van der Waals surface area contributed by atoms with Gasteiger partial charge in [0.25, 0.3) is 0 Å². The molecule has 0 radical (unpaired) electrons. The quantitative estimate of drug-likeness (QED) is 0.438. The number of carbonyl (C=O) groups is 1. The minimum atomic E-state index is -0.0466. The normalized spacial score (nSPS) is 11.1. The molecule has 0 bridgehead atoms. The number of furan rings is 1. The fraction of sp³-hybridized carbons (Fsp3) is 0.182. The number of benzene rings is 2. The van der Waals surface area contributed by atoms with Gasteiger partial charge in [-0.25, -0.2) is 4.98 Å². The van der Waals surface area contributed by atoms with E-state index in [1.165, 1.54) is 0 Å². The number of amides is 1. The Morgan fingerprint density at radius 1 is 1.10 bits per heavy atom. The second-order valence-corrected chi connectivity index (χ2v) is 7.53. The number of rotatable bonds is 7. The smallest absolute Gasteiger partial charge is 0.222 e. The van der Waals surface area contributed by atoms with E-state index in [9.17, 15) is 4.79 Å². The minimum absolute atomic E-state index is 0.0466. The lowest BCUT2D eigenvalue weighted by molar-refractivity contribution is -0.121. The fourth-order valence-electron chi connectivity index (χ4n) is 3.25. The maximum absolute atomic E-state index is 12.3. The van der Waals surface area contributed by atoms with Gasteiger partial charge in [0.15, 0.2) is 0 Å². The lowest BCUT2D eigenvalue weighted by Crippen LogP contribution is -2.24. The van der Waals surface area contributed by atoms with E-state index in [0.29, 0.717) is 36.0 Å². The molecule has 4 rings (SSSR count). The summed E-state index contributed by atoms with van der Waals surface area (Å²) in [5.74, 6) is 1.54. The average Bonchev–Trinajstić information content (AvgIpc) is 3.34. The molecule has 0 aliphatic rings. The molecule has 1 amide bonds. The van der Waals surface area contributed by atoms with E-state index in [1.54, 1.807) is 18.4 Å². The maximum atomic E-state index is 12.3. The Kier molecular flexibility index (Phi) is 5.88. The van der Waals surface area contributed by atoms with E-state index in [0.717, 1.165) is 28.2 Å². The monoisotopic (exact) mass is 427 g/mol. The Morgan fingerprint density at radius 2 is 1.97 bits per heavy atom. The highest BCUT2D eigenvalue weighted by Gasteiger charge is 2.14. The molecular weight excluding hydrogens is 409 g/mol. The molecule has 148 valence electrons. The summed E-state index contributed by atoms with van der Waals surface area (Å²) in [5.41, 5.74) is 2.82. The van der Waals surface area contributed by atoms with Crippen molar-refractivity contribution in [3.05, 3.63) is 88.1 Å². The van der Waals surface area contributed by atoms with Crippen LogP contribution < -0.4 is 5.32 Å². The van der Waals surface area contributed by atoms with Gasteiger partial charge in [0.2, 0.25) is 5.91 Å². The van der Waals surface area contributed by atoms with Crippen LogP contribution in [0.15, 0.2) is 65.3 Å². The molecule has 4 aromatic rings. The van der Waals surface area contributed by atoms with Gasteiger partial charge >= 0.3 is 0 Å². The van der Waals surface area contributed by atoms with Crippen molar-refractivity contribution in [2.24, 2.45) is 0 Å². The van der Waals surface area contributed by atoms with Crippen LogP contribution >= 0.6 is 23.2 Å². The summed E-state index contributed by atoms with van der Waals surface area (Å²) in [7, 11) is 0. The largest absolute Gasteiger partial charge is 0.467 e. The number of aryl methyl sites for hydroxylation is 1. The zero-order chi connectivity index (χ0) is 20.2. The Hall–Kier alpha value is -2.76. The predicted molar refractivity (Wildman–Crippen MR) is 114 cm³/mol. The van der Waals surface area contributed by atoms with E-state index in [2.05, 4.69) is 9.88 Å². The summed E-state index contributed by atoms with van der Waals surface area (Å²) < 4.78 is 7.32. The summed E-state index contributed by atoms with van der Waals surface area (Å²) in [6.45, 7) is 0.898. The number of nitrogens with one attached hydrogen (secondary N) is 1. The second kappa shape index (κ2) is 8.72. The maximum Gasteiger partial charge on any atom is 0.222 e. The number of aromatic nitrogens is 2. The van der Waals surface area contributed by atoms with Crippen LogP contribution in [0.2, 0.25) is 10.0 Å². The number of nitrogens with zero attached hydrogens (tertiary/aromatic N) is 2. The van der Waals surface area contributed by atoms with Crippen molar-refractivity contribution in [1.82, 2.24) is 14.9 Å². The number of hydrogen-bond donors (Lipinski definition) is 1. The minimum Gasteiger partial charge on any atom is -0.467 e. The highest BCUT2D eigenvalue weighted by Crippen LogP contribution is 2.25. The van der Waals surface area contributed by atoms with Crippen molar-refractivity contribution in [3.8, 4) is 0 Å². The molecule has 0 saturated carbocycles. The molecule has 2 aromatic carbocycles. The number of halogens is 2. The van der Waals surface area contributed by atoms with E-state index >= 15 is 0 Å². The molecule has 1 N–H and O–H groups in total. The van der Waals surface area contributed by atoms with Gasteiger partial charge in [-0.1, -0.05) is 41.4 Å². The molecule has 29 heavy (non-hydrogen) atoms. The van der Waals surface area contributed by atoms with E-state index in [4.69, 9.17) is 32.6 Å². The van der Waals surface area contributed by atoms with Gasteiger partial charge in [-0.2, -0.15) is 0 Å². The standard InChI is InChI=1S/C22H19Cl2N3O2/c23-16-8-7-15(18(24)13-16)12-21-26-19-5-1-2-6-20(19)27(21)10-9-22(28)25-14-17-4-3-11-29-17/h1-8,11,13H,9-10,12,14H2,(H,25,28). The molecule has 0 fully saturated rings. The SMILES string of the molecule is O=C(CCn1c(Cc2ccc(Cl)cc2Cl)nc2ccccc21)NCc1ccco1. The Balaban J connectivity index is 1.52. The van der Waals surface area contributed by atoms with Gasteiger partial charge in [-0.15, -0.1) is 0 Å². The van der Waals surface area contributed by atoms with Crippen molar-refractivity contribution in [2.75, 3.05) is 0 Å². The van der Waals surface area contributed by atoms with Gasteiger partial charge in [-0.3, -0.25) is 4.79 Å². The molecule has 7 heteroatoms. The molecule has 0 saturated heterocycles. The van der Waals surface area contributed by atoms with Crippen LogP contribution in [-0.2, 0) is 24.3 Å². The van der Waals surface area contributed by atoms with Crippen molar-refractivity contribution in [1.29, 1.82) is 0 Å². The van der Waals surface area contributed by atoms with Crippen LogP contribution in [0.3, 0.4) is 0 Å². The van der Waals surface area contributed by atoms with Gasteiger partial charge in [0.05, 0.1) is 23.8 Å². The first-order chi connectivity index (χ1) is 14.1. The summed E-state index contributed by atoms with van der Waals surface area (Å²) in [5, 5.41) is 4.08. The van der Waals surface area contributed by atoms with Crippen LogP contribution in [0.5, 0.6) is 0 Å². The van der Waals surface area contributed by atoms with Crippen molar-refractivity contribution < 1.29 is 9.21 Å². The van der Waals surface area contributed by atoms with Gasteiger partial charge in [-0.05, 0) is 42.0 Å². The number of imidazole rings is 1. The second-order valence-electron chi connectivity index (χ2n) is 6.69. The molecule has 2 aromatic heterocycles. The third-order valence-corrected chi connectivity index (χ3v) is 5.29. The number of hydrogen-bond acceptors (Lipinski definition) is 3. The first-order valence-corrected chi connectivity index (χ1v) is 10.0. The summed E-state index contributed by atoms with van der Waals surface area (Å²) in [6.07, 6.45) is 2.48. The molecular formula is C22H19Cl2N3O2. The van der Waals surface area contributed by atoms with E-state index in [-0.39, 0.29) is 5.91 Å². The Morgan fingerprint density at radius 3 is 2.76 bits per heavy atom. The van der Waals surface area contributed by atoms with E-state index < -0.39 is 0 Å². The molecule has 5 nitrogen and oxygen atoms in total. The number of fused-ring (bicyclic) bond motifs is 1. The highest BCUT2D eigenvalue weighted by atomic mass is 35.5. The Bertz CT molecular complexity index is 1140. The summed E-state index contributed by atoms with van der Waals surface area (Å²) >= 11 is 12.4. The van der Waals surface area contributed by atoms with Gasteiger partial charge < -0.3 is 14.3 Å². The topological polar surface area (TPSA) is 60.1 Å². The Labute approximate surface area is 178 Å². The van der Waals surface area contributed by atoms with Crippen LogP contribution in [0.1, 0.15) is 23.6 Å². The molecule has 0 atom stereocenters. The van der Waals surface area contributed by atoms with Gasteiger partial charge in [0, 0.05) is 29.4 Å². The first kappa shape index (κ1) is 19.6. The third kappa shape index (κ3) is 4.63. The zero-order valence-electron chi connectivity index (χ0n) is 15.6. The summed E-state index contributed by atoms with van der Waals surface area (Å²) in [6, 6.07) is 17.0. The average molecular weight is 428 g/mol. The lowest BCUT2D eigenvalue weighted by atomic mass is 10.1. The number of para-hydroxylation sites is 2. The first-order valence-electron chi connectivity index (χ1n) is 9.27. The van der Waals surface area contributed by atoms with Crippen LogP contribution in [-0.4, -0.2) is 15.5 Å². The van der Waals surface area contributed by atoms with Crippen molar-refractivity contribution in [2.45, 2.75) is 25.9 Å². The fourth-order valence-corrected chi connectivity index (χ4v) is 3.72. The molecule has 0 unspecified atom stereocenters. The third-order valence-electron chi connectivity index (χ3n) is 4.70. The summed E-state index contributed by atoms with van der Waals surface area (Å²) in [4.78, 5) is 17.1. The lowest BCUT2D eigenvalue weighted by Gasteiger charge is -2.11. The molecule has 0 aliphatic heterocycles. The molecule has 2 heterocycles. The molecule has 0 aliphatic carbocycles.